The number of alkyl halides is 3. The molecule has 3 rings (SSSR count). The minimum atomic E-state index is -4.46. The van der Waals surface area contributed by atoms with Gasteiger partial charge >= 0.3 is 6.18 Å². The number of carbonyl (C=O) groups excluding carboxylic acids is 1. The molecule has 158 valence electrons. The Kier molecular flexibility index (Phi) is 7.75. The fourth-order valence-electron chi connectivity index (χ4n) is 3.21. The molecule has 1 atom stereocenters. The number of ether oxygens (including phenoxy) is 2. The number of nitrogens with one attached hydrogen (secondary N) is 1. The summed E-state index contributed by atoms with van der Waals surface area (Å²) in [4.78, 5) is 14.4. The number of hydrogen-bond acceptors (Lipinski definition) is 4. The summed E-state index contributed by atoms with van der Waals surface area (Å²) in [6.45, 7) is 1.30. The molecule has 1 aliphatic rings. The maximum atomic E-state index is 12.8. The Hall–Kier alpha value is -2.45. The third-order valence-corrected chi connectivity index (χ3v) is 4.59. The normalized spacial score (nSPS) is 16.7. The molecule has 0 aromatic heterocycles. The first-order valence-electron chi connectivity index (χ1n) is 8.83. The molecule has 1 unspecified atom stereocenters. The quantitative estimate of drug-likeness (QED) is 0.786. The van der Waals surface area contributed by atoms with E-state index in [1.54, 1.807) is 12.0 Å². The van der Waals surface area contributed by atoms with Gasteiger partial charge < -0.3 is 19.7 Å². The second-order valence-electron chi connectivity index (χ2n) is 6.36. The average molecular weight is 431 g/mol. The molecule has 1 heterocycles. The summed E-state index contributed by atoms with van der Waals surface area (Å²) in [6.07, 6.45) is -4.46. The molecule has 9 heteroatoms. The van der Waals surface area contributed by atoms with Gasteiger partial charge in [0, 0.05) is 25.2 Å². The lowest BCUT2D eigenvalue weighted by Gasteiger charge is -2.37. The summed E-state index contributed by atoms with van der Waals surface area (Å²) < 4.78 is 49.2. The SMILES string of the molecule is COc1ccccc1C1CNCCN1C(=O)COc1cccc(C(F)(F)F)c1.Cl. The smallest absolute Gasteiger partial charge is 0.416 e. The Morgan fingerprint density at radius 1 is 1.21 bits per heavy atom. The van der Waals surface area contributed by atoms with Gasteiger partial charge in [-0.1, -0.05) is 24.3 Å². The van der Waals surface area contributed by atoms with Crippen molar-refractivity contribution in [2.24, 2.45) is 0 Å². The Balaban J connectivity index is 0.00000300. The van der Waals surface area contributed by atoms with Crippen molar-refractivity contribution in [2.75, 3.05) is 33.4 Å². The van der Waals surface area contributed by atoms with Crippen LogP contribution in [-0.2, 0) is 11.0 Å². The average Bonchev–Trinajstić information content (AvgIpc) is 2.71. The van der Waals surface area contributed by atoms with Crippen molar-refractivity contribution < 1.29 is 27.4 Å². The fourth-order valence-corrected chi connectivity index (χ4v) is 3.21. The van der Waals surface area contributed by atoms with Crippen LogP contribution in [0.15, 0.2) is 48.5 Å². The van der Waals surface area contributed by atoms with Gasteiger partial charge in [0.05, 0.1) is 18.7 Å². The Morgan fingerprint density at radius 2 is 1.97 bits per heavy atom. The van der Waals surface area contributed by atoms with Gasteiger partial charge in [-0.05, 0) is 24.3 Å². The molecule has 1 N–H and O–H groups in total. The molecule has 0 aliphatic carbocycles. The van der Waals surface area contributed by atoms with Crippen LogP contribution < -0.4 is 14.8 Å². The highest BCUT2D eigenvalue weighted by Gasteiger charge is 2.32. The third-order valence-electron chi connectivity index (χ3n) is 4.59. The number of para-hydroxylation sites is 1. The highest BCUT2D eigenvalue weighted by atomic mass is 35.5. The second-order valence-corrected chi connectivity index (χ2v) is 6.36. The van der Waals surface area contributed by atoms with E-state index in [0.717, 1.165) is 17.7 Å². The number of rotatable bonds is 5. The van der Waals surface area contributed by atoms with E-state index in [0.29, 0.717) is 25.4 Å². The molecule has 1 fully saturated rings. The van der Waals surface area contributed by atoms with Gasteiger partial charge in [0.15, 0.2) is 6.61 Å². The van der Waals surface area contributed by atoms with Crippen molar-refractivity contribution in [1.82, 2.24) is 10.2 Å². The third kappa shape index (κ3) is 5.55. The lowest BCUT2D eigenvalue weighted by atomic mass is 10.0. The van der Waals surface area contributed by atoms with Gasteiger partial charge in [0.25, 0.3) is 5.91 Å². The van der Waals surface area contributed by atoms with Gasteiger partial charge in [0.2, 0.25) is 0 Å². The zero-order chi connectivity index (χ0) is 20.1. The Bertz CT molecular complexity index is 833. The van der Waals surface area contributed by atoms with Gasteiger partial charge in [-0.3, -0.25) is 4.79 Å². The topological polar surface area (TPSA) is 50.8 Å². The van der Waals surface area contributed by atoms with Crippen molar-refractivity contribution >= 4 is 18.3 Å². The lowest BCUT2D eigenvalue weighted by Crippen LogP contribution is -2.50. The number of nitrogens with zero attached hydrogens (tertiary/aromatic N) is 1. The van der Waals surface area contributed by atoms with Gasteiger partial charge in [0.1, 0.15) is 11.5 Å². The van der Waals surface area contributed by atoms with Crippen LogP contribution in [0.4, 0.5) is 13.2 Å². The van der Waals surface area contributed by atoms with E-state index < -0.39 is 11.7 Å². The van der Waals surface area contributed by atoms with E-state index in [1.165, 1.54) is 12.1 Å². The van der Waals surface area contributed by atoms with Gasteiger partial charge in [-0.15, -0.1) is 12.4 Å². The summed E-state index contributed by atoms with van der Waals surface area (Å²) in [5.41, 5.74) is 0.0520. The minimum absolute atomic E-state index is 0. The summed E-state index contributed by atoms with van der Waals surface area (Å²) in [5.74, 6) is 0.384. The van der Waals surface area contributed by atoms with Crippen LogP contribution in [0.2, 0.25) is 0 Å². The zero-order valence-corrected chi connectivity index (χ0v) is 16.6. The maximum Gasteiger partial charge on any atom is 0.416 e. The van der Waals surface area contributed by atoms with E-state index in [-0.39, 0.29) is 36.7 Å². The van der Waals surface area contributed by atoms with Crippen LogP contribution in [-0.4, -0.2) is 44.2 Å². The lowest BCUT2D eigenvalue weighted by molar-refractivity contribution is -0.137. The molecule has 0 radical (unpaired) electrons. The van der Waals surface area contributed by atoms with E-state index >= 15 is 0 Å². The molecule has 2 aromatic carbocycles. The highest BCUT2D eigenvalue weighted by Crippen LogP contribution is 2.32. The number of hydrogen-bond donors (Lipinski definition) is 1. The number of carbonyl (C=O) groups is 1. The van der Waals surface area contributed by atoms with Crippen LogP contribution in [0.5, 0.6) is 11.5 Å². The van der Waals surface area contributed by atoms with Crippen molar-refractivity contribution in [2.45, 2.75) is 12.2 Å². The van der Waals surface area contributed by atoms with Crippen molar-refractivity contribution in [3.05, 3.63) is 59.7 Å². The minimum Gasteiger partial charge on any atom is -0.496 e. The largest absolute Gasteiger partial charge is 0.496 e. The van der Waals surface area contributed by atoms with Crippen molar-refractivity contribution in [3.63, 3.8) is 0 Å². The van der Waals surface area contributed by atoms with Crippen LogP contribution in [0.3, 0.4) is 0 Å². The van der Waals surface area contributed by atoms with Crippen LogP contribution in [0.1, 0.15) is 17.2 Å². The fraction of sp³-hybridized carbons (Fsp3) is 0.350. The molecule has 29 heavy (non-hydrogen) atoms. The van der Waals surface area contributed by atoms with Crippen LogP contribution in [0, 0.1) is 0 Å². The predicted molar refractivity (Wildman–Crippen MR) is 105 cm³/mol. The monoisotopic (exact) mass is 430 g/mol. The van der Waals surface area contributed by atoms with E-state index in [2.05, 4.69) is 5.32 Å². The standard InChI is InChI=1S/C20H21F3N2O3.ClH/c1-27-18-8-3-2-7-16(18)17-12-24-9-10-25(17)19(26)13-28-15-6-4-5-14(11-15)20(21,22)23;/h2-8,11,17,24H,9-10,12-13H2,1H3;1H. The summed E-state index contributed by atoms with van der Waals surface area (Å²) in [6, 6.07) is 11.7. The first kappa shape index (κ1) is 22.8. The molecular weight excluding hydrogens is 409 g/mol. The first-order valence-corrected chi connectivity index (χ1v) is 8.83. The molecule has 1 saturated heterocycles. The summed E-state index contributed by atoms with van der Waals surface area (Å²) in [5, 5.41) is 3.25. The predicted octanol–water partition coefficient (Wildman–Crippen LogP) is 3.69. The number of amides is 1. The molecule has 1 amide bonds. The van der Waals surface area contributed by atoms with Crippen LogP contribution in [0.25, 0.3) is 0 Å². The first-order chi connectivity index (χ1) is 13.4. The van der Waals surface area contributed by atoms with E-state index in [4.69, 9.17) is 9.47 Å². The highest BCUT2D eigenvalue weighted by molar-refractivity contribution is 5.85. The van der Waals surface area contributed by atoms with Gasteiger partial charge in [-0.2, -0.15) is 13.2 Å². The summed E-state index contributed by atoms with van der Waals surface area (Å²) in [7, 11) is 1.57. The van der Waals surface area contributed by atoms with Crippen molar-refractivity contribution in [3.8, 4) is 11.5 Å². The molecular formula is C20H22ClF3N2O3. The van der Waals surface area contributed by atoms with Crippen LogP contribution >= 0.6 is 12.4 Å². The number of benzene rings is 2. The maximum absolute atomic E-state index is 12.8. The number of piperazine rings is 1. The Labute approximate surface area is 173 Å². The van der Waals surface area contributed by atoms with E-state index in [9.17, 15) is 18.0 Å². The molecule has 2 aromatic rings. The molecule has 0 bridgehead atoms. The zero-order valence-electron chi connectivity index (χ0n) is 15.7. The van der Waals surface area contributed by atoms with E-state index in [1.807, 2.05) is 24.3 Å². The summed E-state index contributed by atoms with van der Waals surface area (Å²) >= 11 is 0. The molecule has 5 nitrogen and oxygen atoms in total. The number of halogens is 4. The number of methoxy groups -OCH3 is 1. The van der Waals surface area contributed by atoms with Crippen molar-refractivity contribution in [1.29, 1.82) is 0 Å². The molecule has 1 aliphatic heterocycles. The Morgan fingerprint density at radius 3 is 2.69 bits per heavy atom. The second kappa shape index (κ2) is 9.84. The molecule has 0 spiro atoms. The molecule has 0 saturated carbocycles. The van der Waals surface area contributed by atoms with Gasteiger partial charge in [-0.25, -0.2) is 0 Å².